The maximum atomic E-state index is 11.8. The Morgan fingerprint density at radius 3 is 2.04 bits per heavy atom. The Morgan fingerprint density at radius 1 is 1.04 bits per heavy atom. The Morgan fingerprint density at radius 2 is 1.59 bits per heavy atom. The predicted octanol–water partition coefficient (Wildman–Crippen LogP) is 2.52. The van der Waals surface area contributed by atoms with Gasteiger partial charge in [-0.3, -0.25) is 9.48 Å². The van der Waals surface area contributed by atoms with Crippen molar-refractivity contribution in [3.63, 3.8) is 0 Å². The summed E-state index contributed by atoms with van der Waals surface area (Å²) in [5.74, 6) is -0.890. The van der Waals surface area contributed by atoms with E-state index in [0.717, 1.165) is 17.1 Å². The Balaban J connectivity index is 0.000000199. The van der Waals surface area contributed by atoms with Gasteiger partial charge >= 0.3 is 5.97 Å². The molecule has 7 heteroatoms. The first-order valence-corrected chi connectivity index (χ1v) is 8.34. The zero-order chi connectivity index (χ0) is 20.1. The van der Waals surface area contributed by atoms with Crippen LogP contribution in [0, 0.1) is 6.92 Å². The second-order valence-electron chi connectivity index (χ2n) is 6.19. The molecule has 0 bridgehead atoms. The molecule has 0 saturated carbocycles. The minimum absolute atomic E-state index is 0.166. The largest absolute Gasteiger partial charge is 0.478 e. The van der Waals surface area contributed by atoms with Crippen molar-refractivity contribution in [3.8, 4) is 5.69 Å². The van der Waals surface area contributed by atoms with Gasteiger partial charge in [-0.25, -0.2) is 9.48 Å². The number of benzene rings is 2. The monoisotopic (exact) mass is 368 g/mol. The maximum Gasteiger partial charge on any atom is 0.337 e. The van der Waals surface area contributed by atoms with E-state index in [1.807, 2.05) is 64.5 Å². The van der Waals surface area contributed by atoms with Gasteiger partial charge < -0.3 is 15.7 Å². The average Bonchev–Trinajstić information content (AvgIpc) is 2.86. The molecular weight excluding hydrogens is 344 g/mol. The molecule has 0 atom stereocenters. The van der Waals surface area contributed by atoms with Gasteiger partial charge in [0.2, 0.25) is 0 Å². The number of nitrogens with two attached hydrogens (primary N) is 1. The molecule has 0 saturated heterocycles. The number of hydrogen-bond acceptors (Lipinski definition) is 4. The van der Waals surface area contributed by atoms with Crippen molar-refractivity contribution in [2.45, 2.75) is 6.92 Å². The van der Waals surface area contributed by atoms with Crippen molar-refractivity contribution in [3.05, 3.63) is 76.2 Å². The lowest BCUT2D eigenvalue weighted by atomic mass is 10.2. The molecule has 0 spiro atoms. The molecule has 27 heavy (non-hydrogen) atoms. The summed E-state index contributed by atoms with van der Waals surface area (Å²) < 4.78 is 3.32. The second kappa shape index (κ2) is 8.27. The minimum atomic E-state index is -0.890. The highest BCUT2D eigenvalue weighted by Gasteiger charge is 2.12. The lowest BCUT2D eigenvalue weighted by molar-refractivity contribution is 0.0697. The van der Waals surface area contributed by atoms with Crippen molar-refractivity contribution in [1.82, 2.24) is 9.36 Å². The molecule has 2 aromatic carbocycles. The van der Waals surface area contributed by atoms with Crippen LogP contribution in [0.3, 0.4) is 0 Å². The van der Waals surface area contributed by atoms with Gasteiger partial charge in [-0.05, 0) is 31.2 Å². The zero-order valence-corrected chi connectivity index (χ0v) is 15.9. The Bertz CT molecular complexity index is 988. The van der Waals surface area contributed by atoms with Crippen molar-refractivity contribution >= 4 is 17.3 Å². The Hall–Kier alpha value is -3.48. The van der Waals surface area contributed by atoms with Gasteiger partial charge in [0.1, 0.15) is 5.69 Å². The van der Waals surface area contributed by atoms with Gasteiger partial charge in [-0.1, -0.05) is 30.3 Å². The van der Waals surface area contributed by atoms with Crippen LogP contribution in [0.25, 0.3) is 5.69 Å². The number of nitrogen functional groups attached to an aromatic ring is 1. The molecule has 0 aliphatic carbocycles. The predicted molar refractivity (Wildman–Crippen MR) is 108 cm³/mol. The topological polar surface area (TPSA) is 93.5 Å². The van der Waals surface area contributed by atoms with Crippen molar-refractivity contribution in [2.75, 3.05) is 24.7 Å². The number of para-hydroxylation sites is 2. The molecule has 0 aliphatic rings. The third-order valence-electron chi connectivity index (χ3n) is 4.22. The van der Waals surface area contributed by atoms with E-state index in [-0.39, 0.29) is 5.56 Å². The maximum absolute atomic E-state index is 11.8. The van der Waals surface area contributed by atoms with E-state index in [2.05, 4.69) is 0 Å². The highest BCUT2D eigenvalue weighted by atomic mass is 16.4. The molecule has 3 N–H and O–H groups in total. The van der Waals surface area contributed by atoms with Crippen molar-refractivity contribution in [2.24, 2.45) is 7.05 Å². The summed E-state index contributed by atoms with van der Waals surface area (Å²) in [7, 11) is 5.46. The SMILES string of the molecule is CN(C)c1ccccc1C(=O)O.Cc1c(N)c(=O)n(-c2ccccc2)n1C. The first kappa shape index (κ1) is 19.8. The van der Waals surface area contributed by atoms with E-state index >= 15 is 0 Å². The van der Waals surface area contributed by atoms with Gasteiger partial charge in [0.25, 0.3) is 5.56 Å². The average molecular weight is 368 g/mol. The summed E-state index contributed by atoms with van der Waals surface area (Å²) in [5, 5.41) is 8.79. The van der Waals surface area contributed by atoms with Crippen molar-refractivity contribution in [1.29, 1.82) is 0 Å². The number of carbonyl (C=O) groups is 1. The Labute approximate surface area is 157 Å². The lowest BCUT2D eigenvalue weighted by Crippen LogP contribution is -2.20. The first-order valence-electron chi connectivity index (χ1n) is 8.34. The van der Waals surface area contributed by atoms with Crippen LogP contribution < -0.4 is 16.2 Å². The number of aromatic carboxylic acids is 1. The summed E-state index contributed by atoms with van der Waals surface area (Å²) in [6.45, 7) is 1.83. The second-order valence-corrected chi connectivity index (χ2v) is 6.19. The fourth-order valence-corrected chi connectivity index (χ4v) is 2.63. The van der Waals surface area contributed by atoms with E-state index in [1.165, 1.54) is 0 Å². The van der Waals surface area contributed by atoms with Crippen LogP contribution in [-0.2, 0) is 7.05 Å². The van der Waals surface area contributed by atoms with Crippen LogP contribution in [0.15, 0.2) is 59.4 Å². The number of anilines is 2. The number of nitrogens with zero attached hydrogens (tertiary/aromatic N) is 3. The summed E-state index contributed by atoms with van der Waals surface area (Å²) in [4.78, 5) is 24.3. The summed E-state index contributed by atoms with van der Waals surface area (Å²) in [6.07, 6.45) is 0. The van der Waals surface area contributed by atoms with Gasteiger partial charge in [-0.15, -0.1) is 0 Å². The molecule has 0 amide bonds. The molecule has 0 fully saturated rings. The van der Waals surface area contributed by atoms with E-state index in [0.29, 0.717) is 11.3 Å². The molecule has 0 aliphatic heterocycles. The third-order valence-corrected chi connectivity index (χ3v) is 4.22. The number of aromatic nitrogens is 2. The Kier molecular flexibility index (Phi) is 6.07. The van der Waals surface area contributed by atoms with E-state index < -0.39 is 5.97 Å². The van der Waals surface area contributed by atoms with E-state index in [1.54, 1.807) is 32.5 Å². The number of hydrogen-bond donors (Lipinski definition) is 2. The smallest absolute Gasteiger partial charge is 0.337 e. The standard InChI is InChI=1S/C11H13N3O.C9H11NO2/c1-8-10(12)11(15)14(13(8)2)9-6-4-3-5-7-9;1-10(2)8-6-4-3-5-7(8)9(11)12/h3-7H,12H2,1-2H3;3-6H,1-2H3,(H,11,12). The fraction of sp³-hybridized carbons (Fsp3) is 0.200. The fourth-order valence-electron chi connectivity index (χ4n) is 2.63. The number of rotatable bonds is 3. The molecule has 0 radical (unpaired) electrons. The first-order chi connectivity index (χ1) is 12.8. The highest BCUT2D eigenvalue weighted by molar-refractivity contribution is 5.94. The lowest BCUT2D eigenvalue weighted by Gasteiger charge is -2.14. The van der Waals surface area contributed by atoms with Gasteiger partial charge in [0.15, 0.2) is 0 Å². The summed E-state index contributed by atoms with van der Waals surface area (Å²) in [6, 6.07) is 16.4. The molecule has 7 nitrogen and oxygen atoms in total. The van der Waals surface area contributed by atoms with Crippen molar-refractivity contribution < 1.29 is 9.90 Å². The van der Waals surface area contributed by atoms with Crippen LogP contribution in [0.1, 0.15) is 16.1 Å². The molecule has 1 heterocycles. The molecule has 3 aromatic rings. The van der Waals surface area contributed by atoms with Crippen LogP contribution in [-0.4, -0.2) is 34.5 Å². The molecule has 142 valence electrons. The normalized spacial score (nSPS) is 10.1. The number of carboxylic acid groups (broad SMARTS) is 1. The van der Waals surface area contributed by atoms with Crippen LogP contribution in [0.4, 0.5) is 11.4 Å². The van der Waals surface area contributed by atoms with E-state index in [9.17, 15) is 9.59 Å². The van der Waals surface area contributed by atoms with Crippen LogP contribution >= 0.6 is 0 Å². The van der Waals surface area contributed by atoms with Gasteiger partial charge in [0.05, 0.1) is 22.6 Å². The summed E-state index contributed by atoms with van der Waals surface area (Å²) in [5.41, 5.74) is 8.50. The molecule has 3 rings (SSSR count). The molecular formula is C20H24N4O3. The molecule has 0 unspecified atom stereocenters. The van der Waals surface area contributed by atoms with E-state index in [4.69, 9.17) is 10.8 Å². The highest BCUT2D eigenvalue weighted by Crippen LogP contribution is 2.17. The van der Waals surface area contributed by atoms with Gasteiger partial charge in [-0.2, -0.15) is 0 Å². The third kappa shape index (κ3) is 4.20. The quantitative estimate of drug-likeness (QED) is 0.741. The van der Waals surface area contributed by atoms with Gasteiger partial charge in [0, 0.05) is 21.1 Å². The number of carboxylic acids is 1. The van der Waals surface area contributed by atoms with Crippen LogP contribution in [0.5, 0.6) is 0 Å². The molecule has 1 aromatic heterocycles. The van der Waals surface area contributed by atoms with Crippen LogP contribution in [0.2, 0.25) is 0 Å². The summed E-state index contributed by atoms with van der Waals surface area (Å²) >= 11 is 0. The zero-order valence-electron chi connectivity index (χ0n) is 15.9. The minimum Gasteiger partial charge on any atom is -0.478 e.